The SMILES string of the molecule is Cc1cccc(C(N)=S)c1Nc1c(Cl)cccc1Cl. The Morgan fingerprint density at radius 2 is 1.63 bits per heavy atom. The number of thiocarbonyl (C=S) groups is 1. The Kier molecular flexibility index (Phi) is 4.30. The van der Waals surface area contributed by atoms with E-state index in [0.717, 1.165) is 16.8 Å². The van der Waals surface area contributed by atoms with Crippen LogP contribution in [0.15, 0.2) is 36.4 Å². The summed E-state index contributed by atoms with van der Waals surface area (Å²) in [5.41, 5.74) is 9.00. The number of para-hydroxylation sites is 2. The van der Waals surface area contributed by atoms with E-state index in [9.17, 15) is 0 Å². The lowest BCUT2D eigenvalue weighted by Crippen LogP contribution is -2.12. The third kappa shape index (κ3) is 3.00. The first-order valence-corrected chi connectivity index (χ1v) is 6.77. The van der Waals surface area contributed by atoms with Gasteiger partial charge in [-0.1, -0.05) is 53.6 Å². The molecule has 0 bridgehead atoms. The first-order chi connectivity index (χ1) is 9.00. The molecule has 0 saturated carbocycles. The van der Waals surface area contributed by atoms with E-state index >= 15 is 0 Å². The summed E-state index contributed by atoms with van der Waals surface area (Å²) in [7, 11) is 0. The van der Waals surface area contributed by atoms with Gasteiger partial charge in [0.1, 0.15) is 4.99 Å². The van der Waals surface area contributed by atoms with E-state index in [1.807, 2.05) is 25.1 Å². The number of halogens is 2. The van der Waals surface area contributed by atoms with E-state index in [4.69, 9.17) is 41.2 Å². The zero-order valence-corrected chi connectivity index (χ0v) is 12.5. The number of nitrogens with one attached hydrogen (secondary N) is 1. The third-order valence-electron chi connectivity index (χ3n) is 2.75. The molecular weight excluding hydrogens is 299 g/mol. The Hall–Kier alpha value is -1.29. The first kappa shape index (κ1) is 14.1. The molecule has 0 unspecified atom stereocenters. The van der Waals surface area contributed by atoms with Crippen LogP contribution in [0.1, 0.15) is 11.1 Å². The fourth-order valence-electron chi connectivity index (χ4n) is 1.78. The summed E-state index contributed by atoms with van der Waals surface area (Å²) in [6.45, 7) is 1.97. The van der Waals surface area contributed by atoms with Crippen molar-refractivity contribution in [1.29, 1.82) is 0 Å². The minimum Gasteiger partial charge on any atom is -0.389 e. The predicted octanol–water partition coefficient (Wildman–Crippen LogP) is 4.68. The van der Waals surface area contributed by atoms with Crippen molar-refractivity contribution in [3.8, 4) is 0 Å². The topological polar surface area (TPSA) is 38.0 Å². The van der Waals surface area contributed by atoms with Gasteiger partial charge in [-0.05, 0) is 30.7 Å². The molecule has 2 aromatic rings. The summed E-state index contributed by atoms with van der Waals surface area (Å²) >= 11 is 17.4. The van der Waals surface area contributed by atoms with E-state index in [0.29, 0.717) is 20.7 Å². The van der Waals surface area contributed by atoms with Gasteiger partial charge in [-0.2, -0.15) is 0 Å². The summed E-state index contributed by atoms with van der Waals surface area (Å²) in [6.07, 6.45) is 0. The first-order valence-electron chi connectivity index (χ1n) is 5.61. The maximum atomic E-state index is 6.15. The fourth-order valence-corrected chi connectivity index (χ4v) is 2.44. The van der Waals surface area contributed by atoms with Gasteiger partial charge >= 0.3 is 0 Å². The van der Waals surface area contributed by atoms with Crippen LogP contribution in [0.5, 0.6) is 0 Å². The molecule has 0 aliphatic heterocycles. The Balaban J connectivity index is 2.52. The lowest BCUT2D eigenvalue weighted by molar-refractivity contribution is 1.41. The Bertz CT molecular complexity index is 621. The lowest BCUT2D eigenvalue weighted by atomic mass is 10.1. The van der Waals surface area contributed by atoms with E-state index in [-0.39, 0.29) is 0 Å². The van der Waals surface area contributed by atoms with Crippen LogP contribution >= 0.6 is 35.4 Å². The van der Waals surface area contributed by atoms with Gasteiger partial charge in [0.25, 0.3) is 0 Å². The van der Waals surface area contributed by atoms with Gasteiger partial charge in [0.2, 0.25) is 0 Å². The minimum absolute atomic E-state index is 0.328. The summed E-state index contributed by atoms with van der Waals surface area (Å²) in [5.74, 6) is 0. The zero-order valence-electron chi connectivity index (χ0n) is 10.2. The van der Waals surface area contributed by atoms with Crippen LogP contribution in [0.3, 0.4) is 0 Å². The zero-order chi connectivity index (χ0) is 14.0. The molecule has 3 N–H and O–H groups in total. The van der Waals surface area contributed by atoms with Gasteiger partial charge in [0.05, 0.1) is 21.4 Å². The van der Waals surface area contributed by atoms with Gasteiger partial charge in [0, 0.05) is 5.56 Å². The largest absolute Gasteiger partial charge is 0.389 e. The summed E-state index contributed by atoms with van der Waals surface area (Å²) < 4.78 is 0. The molecule has 0 aromatic heterocycles. The molecule has 19 heavy (non-hydrogen) atoms. The molecule has 0 atom stereocenters. The molecule has 0 aliphatic rings. The van der Waals surface area contributed by atoms with Gasteiger partial charge < -0.3 is 11.1 Å². The summed E-state index contributed by atoms with van der Waals surface area (Å²) in [4.78, 5) is 0.328. The monoisotopic (exact) mass is 310 g/mol. The van der Waals surface area contributed by atoms with Crippen LogP contribution in [-0.4, -0.2) is 4.99 Å². The Morgan fingerprint density at radius 3 is 2.21 bits per heavy atom. The fraction of sp³-hybridized carbons (Fsp3) is 0.0714. The molecule has 2 aromatic carbocycles. The van der Waals surface area contributed by atoms with Crippen LogP contribution in [0.25, 0.3) is 0 Å². The average molecular weight is 311 g/mol. The van der Waals surface area contributed by atoms with Crippen molar-refractivity contribution in [2.45, 2.75) is 6.92 Å². The van der Waals surface area contributed by atoms with Gasteiger partial charge in [-0.25, -0.2) is 0 Å². The third-order valence-corrected chi connectivity index (χ3v) is 3.60. The highest BCUT2D eigenvalue weighted by Crippen LogP contribution is 2.34. The molecule has 0 amide bonds. The normalized spacial score (nSPS) is 10.3. The molecule has 0 aliphatic carbocycles. The quantitative estimate of drug-likeness (QED) is 0.808. The molecular formula is C14H12Cl2N2S. The van der Waals surface area contributed by atoms with Crippen molar-refractivity contribution in [3.05, 3.63) is 57.6 Å². The molecule has 5 heteroatoms. The standard InChI is InChI=1S/C14H12Cl2N2S/c1-8-4-2-5-9(14(17)19)12(8)18-13-10(15)6-3-7-11(13)16/h2-7,18H,1H3,(H2,17,19). The predicted molar refractivity (Wildman–Crippen MR) is 86.8 cm³/mol. The van der Waals surface area contributed by atoms with Gasteiger partial charge in [-0.15, -0.1) is 0 Å². The van der Waals surface area contributed by atoms with Crippen LogP contribution in [-0.2, 0) is 0 Å². The maximum absolute atomic E-state index is 6.15. The highest BCUT2D eigenvalue weighted by molar-refractivity contribution is 7.80. The number of nitrogens with two attached hydrogens (primary N) is 1. The van der Waals surface area contributed by atoms with Crippen molar-refractivity contribution in [2.75, 3.05) is 5.32 Å². The highest BCUT2D eigenvalue weighted by Gasteiger charge is 2.11. The molecule has 98 valence electrons. The van der Waals surface area contributed by atoms with Crippen LogP contribution < -0.4 is 11.1 Å². The van der Waals surface area contributed by atoms with Crippen molar-refractivity contribution in [1.82, 2.24) is 0 Å². The Morgan fingerprint density at radius 1 is 1.05 bits per heavy atom. The van der Waals surface area contributed by atoms with Crippen molar-refractivity contribution < 1.29 is 0 Å². The number of anilines is 2. The van der Waals surface area contributed by atoms with Crippen LogP contribution in [0.4, 0.5) is 11.4 Å². The molecule has 0 saturated heterocycles. The molecule has 0 heterocycles. The highest BCUT2D eigenvalue weighted by atomic mass is 35.5. The molecule has 0 radical (unpaired) electrons. The van der Waals surface area contributed by atoms with E-state index in [2.05, 4.69) is 5.32 Å². The van der Waals surface area contributed by atoms with Gasteiger partial charge in [0.15, 0.2) is 0 Å². The van der Waals surface area contributed by atoms with Gasteiger partial charge in [-0.3, -0.25) is 0 Å². The molecule has 2 nitrogen and oxygen atoms in total. The molecule has 0 spiro atoms. The van der Waals surface area contributed by atoms with E-state index < -0.39 is 0 Å². The van der Waals surface area contributed by atoms with E-state index in [1.165, 1.54) is 0 Å². The second-order valence-corrected chi connectivity index (χ2v) is 5.34. The smallest absolute Gasteiger partial charge is 0.106 e. The number of hydrogen-bond acceptors (Lipinski definition) is 2. The summed E-state index contributed by atoms with van der Waals surface area (Å²) in [6, 6.07) is 11.1. The van der Waals surface area contributed by atoms with Crippen LogP contribution in [0.2, 0.25) is 10.0 Å². The van der Waals surface area contributed by atoms with Crippen molar-refractivity contribution >= 4 is 51.8 Å². The number of benzene rings is 2. The maximum Gasteiger partial charge on any atom is 0.106 e. The number of rotatable bonds is 3. The second kappa shape index (κ2) is 5.78. The van der Waals surface area contributed by atoms with Crippen molar-refractivity contribution in [3.63, 3.8) is 0 Å². The van der Waals surface area contributed by atoms with Crippen molar-refractivity contribution in [2.24, 2.45) is 5.73 Å². The summed E-state index contributed by atoms with van der Waals surface area (Å²) in [5, 5.41) is 4.32. The van der Waals surface area contributed by atoms with E-state index in [1.54, 1.807) is 18.2 Å². The number of hydrogen-bond donors (Lipinski definition) is 2. The Labute approximate surface area is 127 Å². The molecule has 0 fully saturated rings. The molecule has 2 rings (SSSR count). The second-order valence-electron chi connectivity index (χ2n) is 4.08. The number of aryl methyl sites for hydroxylation is 1. The average Bonchev–Trinajstić information content (AvgIpc) is 2.35. The minimum atomic E-state index is 0.328. The van der Waals surface area contributed by atoms with Crippen LogP contribution in [0, 0.1) is 6.92 Å². The lowest BCUT2D eigenvalue weighted by Gasteiger charge is -2.16.